The van der Waals surface area contributed by atoms with Crippen LogP contribution in [0, 0.1) is 0 Å². The summed E-state index contributed by atoms with van der Waals surface area (Å²) in [5, 5.41) is 9.57. The molecule has 1 saturated heterocycles. The van der Waals surface area contributed by atoms with E-state index in [2.05, 4.69) is 21.5 Å². The molecule has 0 bridgehead atoms. The summed E-state index contributed by atoms with van der Waals surface area (Å²) in [7, 11) is 0. The van der Waals surface area contributed by atoms with Crippen molar-refractivity contribution >= 4 is 11.3 Å². The Hall–Kier alpha value is -1.34. The number of hydrogen-bond acceptors (Lipinski definition) is 5. The second-order valence-corrected chi connectivity index (χ2v) is 7.17. The first kappa shape index (κ1) is 14.3. The van der Waals surface area contributed by atoms with Gasteiger partial charge in [-0.05, 0) is 37.4 Å². The zero-order valence-corrected chi connectivity index (χ0v) is 12.8. The minimum absolute atomic E-state index is 0.178. The lowest BCUT2D eigenvalue weighted by Gasteiger charge is -2.34. The van der Waals surface area contributed by atoms with E-state index < -0.39 is 5.92 Å². The molecule has 2 fully saturated rings. The fourth-order valence-corrected chi connectivity index (χ4v) is 4.40. The lowest BCUT2D eigenvalue weighted by molar-refractivity contribution is -0.0925. The maximum atomic E-state index is 13.0. The Morgan fingerprint density at radius 3 is 2.68 bits per heavy atom. The quantitative estimate of drug-likeness (QED) is 0.940. The van der Waals surface area contributed by atoms with Crippen molar-refractivity contribution in [2.24, 2.45) is 0 Å². The maximum Gasteiger partial charge on any atom is 0.249 e. The molecule has 0 spiro atoms. The smallest absolute Gasteiger partial charge is 0.249 e. The number of piperidine rings is 1. The minimum Gasteiger partial charge on any atom is -0.339 e. The van der Waals surface area contributed by atoms with Crippen molar-refractivity contribution in [3.05, 3.63) is 34.1 Å². The maximum absolute atomic E-state index is 13.0. The molecule has 0 unspecified atom stereocenters. The van der Waals surface area contributed by atoms with Gasteiger partial charge >= 0.3 is 0 Å². The van der Waals surface area contributed by atoms with Crippen LogP contribution in [0.1, 0.15) is 48.2 Å². The summed E-state index contributed by atoms with van der Waals surface area (Å²) >= 11 is 1.69. The van der Waals surface area contributed by atoms with Gasteiger partial charge in [0.25, 0.3) is 0 Å². The van der Waals surface area contributed by atoms with Crippen LogP contribution in [0.2, 0.25) is 0 Å². The summed E-state index contributed by atoms with van der Waals surface area (Å²) in [6.07, 6.45) is 1.44. The van der Waals surface area contributed by atoms with Crippen molar-refractivity contribution in [1.29, 1.82) is 0 Å². The molecule has 0 aromatic carbocycles. The lowest BCUT2D eigenvalue weighted by Crippen LogP contribution is -2.41. The van der Waals surface area contributed by atoms with Gasteiger partial charge in [0.05, 0.1) is 5.41 Å². The van der Waals surface area contributed by atoms with E-state index in [1.54, 1.807) is 11.3 Å². The molecular weight excluding hydrogens is 308 g/mol. The van der Waals surface area contributed by atoms with Crippen molar-refractivity contribution in [1.82, 2.24) is 15.5 Å². The predicted octanol–water partition coefficient (Wildman–Crippen LogP) is 3.31. The largest absolute Gasteiger partial charge is 0.339 e. The van der Waals surface area contributed by atoms with E-state index in [9.17, 15) is 8.78 Å². The van der Waals surface area contributed by atoms with Crippen LogP contribution in [0.4, 0.5) is 8.78 Å². The Morgan fingerprint density at radius 1 is 1.27 bits per heavy atom. The topological polar surface area (TPSA) is 51.0 Å². The first-order valence-corrected chi connectivity index (χ1v) is 8.44. The fraction of sp³-hybridized carbons (Fsp3) is 0.600. The van der Waals surface area contributed by atoms with Crippen molar-refractivity contribution in [2.45, 2.75) is 42.9 Å². The SMILES string of the molecule is FC1(F)CC(c2nc(C3(c4cccs4)CCNCC3)no2)C1. The molecule has 2 aliphatic rings. The van der Waals surface area contributed by atoms with Gasteiger partial charge in [0, 0.05) is 23.6 Å². The van der Waals surface area contributed by atoms with Crippen LogP contribution in [0.15, 0.2) is 22.0 Å². The first-order chi connectivity index (χ1) is 10.6. The van der Waals surface area contributed by atoms with Crippen LogP contribution in [-0.4, -0.2) is 29.2 Å². The molecule has 22 heavy (non-hydrogen) atoms. The van der Waals surface area contributed by atoms with Gasteiger partial charge in [-0.1, -0.05) is 11.2 Å². The third-order valence-electron chi connectivity index (χ3n) is 4.76. The summed E-state index contributed by atoms with van der Waals surface area (Å²) in [6.45, 7) is 1.78. The van der Waals surface area contributed by atoms with Crippen LogP contribution in [0.3, 0.4) is 0 Å². The summed E-state index contributed by atoms with van der Waals surface area (Å²) < 4.78 is 31.4. The van der Waals surface area contributed by atoms with Crippen molar-refractivity contribution in [3.8, 4) is 0 Å². The van der Waals surface area contributed by atoms with Gasteiger partial charge < -0.3 is 9.84 Å². The molecule has 1 N–H and O–H groups in total. The van der Waals surface area contributed by atoms with Crippen LogP contribution >= 0.6 is 11.3 Å². The number of nitrogens with one attached hydrogen (secondary N) is 1. The molecule has 118 valence electrons. The highest BCUT2D eigenvalue weighted by Crippen LogP contribution is 2.48. The molecular formula is C15H17F2N3OS. The number of rotatable bonds is 3. The third-order valence-corrected chi connectivity index (χ3v) is 5.83. The van der Waals surface area contributed by atoms with Crippen molar-refractivity contribution < 1.29 is 13.3 Å². The van der Waals surface area contributed by atoms with Crippen LogP contribution in [0.5, 0.6) is 0 Å². The highest BCUT2D eigenvalue weighted by atomic mass is 32.1. The van der Waals surface area contributed by atoms with Gasteiger partial charge in [-0.2, -0.15) is 4.98 Å². The number of alkyl halides is 2. The molecule has 1 aliphatic heterocycles. The Morgan fingerprint density at radius 2 is 2.05 bits per heavy atom. The Kier molecular flexibility index (Phi) is 3.30. The molecule has 1 saturated carbocycles. The Labute approximate surface area is 130 Å². The van der Waals surface area contributed by atoms with Gasteiger partial charge in [-0.3, -0.25) is 0 Å². The summed E-state index contributed by atoms with van der Waals surface area (Å²) in [5.41, 5.74) is -0.243. The highest BCUT2D eigenvalue weighted by molar-refractivity contribution is 7.10. The van der Waals surface area contributed by atoms with Crippen LogP contribution < -0.4 is 5.32 Å². The van der Waals surface area contributed by atoms with Gasteiger partial charge in [-0.15, -0.1) is 11.3 Å². The molecule has 2 aromatic heterocycles. The lowest BCUT2D eigenvalue weighted by atomic mass is 9.76. The Balaban J connectivity index is 1.65. The highest BCUT2D eigenvalue weighted by Gasteiger charge is 2.49. The Bertz CT molecular complexity index is 642. The minimum atomic E-state index is -2.57. The van der Waals surface area contributed by atoms with Gasteiger partial charge in [0.15, 0.2) is 5.82 Å². The molecule has 2 aromatic rings. The number of halogens is 2. The summed E-state index contributed by atoms with van der Waals surface area (Å²) in [5.74, 6) is -1.84. The summed E-state index contributed by atoms with van der Waals surface area (Å²) in [6, 6.07) is 4.13. The van der Waals surface area contributed by atoms with E-state index in [0.29, 0.717) is 11.7 Å². The third kappa shape index (κ3) is 2.27. The molecule has 7 heteroatoms. The second-order valence-electron chi connectivity index (χ2n) is 6.23. The summed E-state index contributed by atoms with van der Waals surface area (Å²) in [4.78, 5) is 5.74. The molecule has 3 heterocycles. The van der Waals surface area contributed by atoms with Crippen LogP contribution in [0.25, 0.3) is 0 Å². The van der Waals surface area contributed by atoms with Crippen molar-refractivity contribution in [2.75, 3.05) is 13.1 Å². The average Bonchev–Trinajstić information content (AvgIpc) is 3.17. The van der Waals surface area contributed by atoms with E-state index in [0.717, 1.165) is 25.9 Å². The molecule has 0 amide bonds. The number of aromatic nitrogens is 2. The molecule has 1 aliphatic carbocycles. The zero-order valence-electron chi connectivity index (χ0n) is 12.0. The van der Waals surface area contributed by atoms with Crippen LogP contribution in [-0.2, 0) is 5.41 Å². The fourth-order valence-electron chi connectivity index (χ4n) is 3.42. The first-order valence-electron chi connectivity index (χ1n) is 7.56. The van der Waals surface area contributed by atoms with E-state index in [4.69, 9.17) is 4.52 Å². The van der Waals surface area contributed by atoms with E-state index >= 15 is 0 Å². The normalized spacial score (nSPS) is 24.1. The standard InChI is InChI=1S/C15H17F2N3OS/c16-15(17)8-10(9-15)12-19-13(20-21-12)14(3-5-18-6-4-14)11-2-1-7-22-11/h1-2,7,10,18H,3-6,8-9H2. The second kappa shape index (κ2) is 5.09. The van der Waals surface area contributed by atoms with Crippen molar-refractivity contribution in [3.63, 3.8) is 0 Å². The average molecular weight is 325 g/mol. The monoisotopic (exact) mass is 325 g/mol. The number of nitrogens with zero attached hydrogens (tertiary/aromatic N) is 2. The molecule has 4 rings (SSSR count). The number of thiophene rings is 1. The van der Waals surface area contributed by atoms with E-state index in [1.807, 2.05) is 11.4 Å². The van der Waals surface area contributed by atoms with E-state index in [-0.39, 0.29) is 24.2 Å². The molecule has 4 nitrogen and oxygen atoms in total. The van der Waals surface area contributed by atoms with Gasteiger partial charge in [0.1, 0.15) is 0 Å². The predicted molar refractivity (Wildman–Crippen MR) is 78.4 cm³/mol. The van der Waals surface area contributed by atoms with E-state index in [1.165, 1.54) is 4.88 Å². The van der Waals surface area contributed by atoms with Gasteiger partial charge in [-0.25, -0.2) is 8.78 Å². The molecule has 0 atom stereocenters. The zero-order chi connectivity index (χ0) is 15.2. The number of hydrogen-bond donors (Lipinski definition) is 1. The molecule has 0 radical (unpaired) electrons. The van der Waals surface area contributed by atoms with Gasteiger partial charge in [0.2, 0.25) is 11.8 Å².